The zero-order chi connectivity index (χ0) is 13.0. The van der Waals surface area contributed by atoms with Crippen molar-refractivity contribution < 1.29 is 27.5 Å². The Labute approximate surface area is 94.1 Å². The summed E-state index contributed by atoms with van der Waals surface area (Å²) in [7, 11) is 0. The number of aliphatic hydroxyl groups is 1. The summed E-state index contributed by atoms with van der Waals surface area (Å²) in [6, 6.07) is 2.24. The van der Waals surface area contributed by atoms with E-state index in [9.17, 15) is 22.4 Å². The molecule has 1 atom stereocenters. The zero-order valence-electron chi connectivity index (χ0n) is 8.46. The minimum Gasteiger partial charge on any atom is -0.385 e. The molecule has 0 radical (unpaired) electrons. The van der Waals surface area contributed by atoms with E-state index in [0.717, 1.165) is 12.1 Å². The molecule has 0 saturated carbocycles. The number of nitrogens with one attached hydrogen (secondary N) is 1. The van der Waals surface area contributed by atoms with Crippen molar-refractivity contribution in [3.05, 3.63) is 35.4 Å². The number of carbonyl (C=O) groups excluding carboxylic acids is 1. The first-order valence-electron chi connectivity index (χ1n) is 4.61. The van der Waals surface area contributed by atoms with Gasteiger partial charge in [-0.25, -0.2) is 17.6 Å². The van der Waals surface area contributed by atoms with Gasteiger partial charge in [0.1, 0.15) is 17.7 Å². The molecular weight excluding hydrogens is 242 g/mol. The highest BCUT2D eigenvalue weighted by molar-refractivity contribution is 5.94. The van der Waals surface area contributed by atoms with Crippen LogP contribution in [0.3, 0.4) is 0 Å². The summed E-state index contributed by atoms with van der Waals surface area (Å²) in [6.07, 6.45) is -5.03. The van der Waals surface area contributed by atoms with Crippen molar-refractivity contribution >= 4 is 5.91 Å². The fraction of sp³-hybridized carbons (Fsp3) is 0.300. The summed E-state index contributed by atoms with van der Waals surface area (Å²) in [6.45, 7) is -0.715. The molecule has 1 aromatic carbocycles. The van der Waals surface area contributed by atoms with Gasteiger partial charge >= 0.3 is 0 Å². The smallest absolute Gasteiger partial charge is 0.265 e. The van der Waals surface area contributed by atoms with Gasteiger partial charge in [0, 0.05) is 12.6 Å². The lowest BCUT2D eigenvalue weighted by Gasteiger charge is -2.10. The van der Waals surface area contributed by atoms with Crippen LogP contribution in [0.15, 0.2) is 18.2 Å². The van der Waals surface area contributed by atoms with Crippen molar-refractivity contribution in [1.29, 1.82) is 0 Å². The Morgan fingerprint density at radius 1 is 1.35 bits per heavy atom. The van der Waals surface area contributed by atoms with Gasteiger partial charge in [-0.15, -0.1) is 0 Å². The van der Waals surface area contributed by atoms with Gasteiger partial charge in [0.15, 0.2) is 0 Å². The van der Waals surface area contributed by atoms with Gasteiger partial charge in [0.05, 0.1) is 5.56 Å². The van der Waals surface area contributed by atoms with Crippen molar-refractivity contribution in [3.63, 3.8) is 0 Å². The summed E-state index contributed by atoms with van der Waals surface area (Å²) in [5, 5.41) is 10.6. The van der Waals surface area contributed by atoms with E-state index in [1.807, 2.05) is 5.32 Å². The molecule has 2 N–H and O–H groups in total. The van der Waals surface area contributed by atoms with Crippen LogP contribution in [0.5, 0.6) is 0 Å². The van der Waals surface area contributed by atoms with E-state index in [-0.39, 0.29) is 0 Å². The monoisotopic (exact) mass is 251 g/mol. The summed E-state index contributed by atoms with van der Waals surface area (Å²) in [5.74, 6) is -2.96. The van der Waals surface area contributed by atoms with Gasteiger partial charge in [0.25, 0.3) is 12.3 Å². The Morgan fingerprint density at radius 3 is 2.53 bits per heavy atom. The molecule has 0 spiro atoms. The largest absolute Gasteiger partial charge is 0.385 e. The quantitative estimate of drug-likeness (QED) is 0.793. The van der Waals surface area contributed by atoms with Crippen LogP contribution < -0.4 is 5.32 Å². The average molecular weight is 251 g/mol. The third-order valence-electron chi connectivity index (χ3n) is 1.94. The van der Waals surface area contributed by atoms with Crippen molar-refractivity contribution in [2.24, 2.45) is 0 Å². The molecule has 1 unspecified atom stereocenters. The number of hydrogen-bond donors (Lipinski definition) is 2. The molecule has 1 aromatic rings. The summed E-state index contributed by atoms with van der Waals surface area (Å²) in [4.78, 5) is 11.3. The first kappa shape index (κ1) is 13.4. The van der Waals surface area contributed by atoms with Crippen LogP contribution in [-0.4, -0.2) is 30.1 Å². The van der Waals surface area contributed by atoms with E-state index in [1.165, 1.54) is 0 Å². The predicted octanol–water partition coefficient (Wildman–Crippen LogP) is 1.32. The van der Waals surface area contributed by atoms with E-state index < -0.39 is 42.2 Å². The van der Waals surface area contributed by atoms with E-state index in [2.05, 4.69) is 0 Å². The highest BCUT2D eigenvalue weighted by atomic mass is 19.3. The molecule has 1 rings (SSSR count). The molecule has 94 valence electrons. The lowest BCUT2D eigenvalue weighted by Crippen LogP contribution is -2.36. The molecule has 0 aliphatic rings. The highest BCUT2D eigenvalue weighted by Crippen LogP contribution is 2.09. The highest BCUT2D eigenvalue weighted by Gasteiger charge is 2.19. The summed E-state index contributed by atoms with van der Waals surface area (Å²) < 4.78 is 49.4. The number of carbonyl (C=O) groups is 1. The second-order valence-corrected chi connectivity index (χ2v) is 3.24. The number of alkyl halides is 2. The lowest BCUT2D eigenvalue weighted by atomic mass is 10.2. The van der Waals surface area contributed by atoms with Gasteiger partial charge in [-0.3, -0.25) is 4.79 Å². The second kappa shape index (κ2) is 5.62. The van der Waals surface area contributed by atoms with E-state index in [1.54, 1.807) is 0 Å². The number of amides is 1. The Hall–Kier alpha value is -1.63. The van der Waals surface area contributed by atoms with E-state index in [0.29, 0.717) is 6.07 Å². The number of rotatable bonds is 4. The maximum absolute atomic E-state index is 13.1. The van der Waals surface area contributed by atoms with Crippen LogP contribution in [0.1, 0.15) is 10.4 Å². The number of halogens is 4. The normalized spacial score (nSPS) is 12.6. The Kier molecular flexibility index (Phi) is 4.45. The summed E-state index contributed by atoms with van der Waals surface area (Å²) in [5.41, 5.74) is -0.479. The van der Waals surface area contributed by atoms with Crippen molar-refractivity contribution in [2.75, 3.05) is 6.54 Å². The molecule has 7 heteroatoms. The summed E-state index contributed by atoms with van der Waals surface area (Å²) >= 11 is 0. The molecule has 3 nitrogen and oxygen atoms in total. The molecule has 0 aliphatic heterocycles. The van der Waals surface area contributed by atoms with Crippen molar-refractivity contribution in [3.8, 4) is 0 Å². The zero-order valence-corrected chi connectivity index (χ0v) is 8.46. The van der Waals surface area contributed by atoms with Gasteiger partial charge in [-0.05, 0) is 12.1 Å². The van der Waals surface area contributed by atoms with Gasteiger partial charge in [-0.2, -0.15) is 0 Å². The maximum Gasteiger partial charge on any atom is 0.265 e. The molecule has 1 amide bonds. The fourth-order valence-corrected chi connectivity index (χ4v) is 1.06. The Morgan fingerprint density at radius 2 is 2.00 bits per heavy atom. The minimum absolute atomic E-state index is 0.479. The molecule has 0 heterocycles. The van der Waals surface area contributed by atoms with Crippen LogP contribution in [0.25, 0.3) is 0 Å². The fourth-order valence-electron chi connectivity index (χ4n) is 1.06. The number of hydrogen-bond acceptors (Lipinski definition) is 2. The first-order chi connectivity index (χ1) is 7.91. The molecule has 0 aromatic heterocycles. The lowest BCUT2D eigenvalue weighted by molar-refractivity contribution is -0.00272. The van der Waals surface area contributed by atoms with E-state index >= 15 is 0 Å². The topological polar surface area (TPSA) is 49.3 Å². The third kappa shape index (κ3) is 3.70. The van der Waals surface area contributed by atoms with Crippen molar-refractivity contribution in [1.82, 2.24) is 5.32 Å². The average Bonchev–Trinajstić information content (AvgIpc) is 2.25. The Balaban J connectivity index is 2.64. The van der Waals surface area contributed by atoms with Crippen LogP contribution in [0, 0.1) is 11.6 Å². The molecule has 17 heavy (non-hydrogen) atoms. The van der Waals surface area contributed by atoms with Crippen LogP contribution in [-0.2, 0) is 0 Å². The molecule has 0 fully saturated rings. The van der Waals surface area contributed by atoms with Crippen LogP contribution in [0.4, 0.5) is 17.6 Å². The van der Waals surface area contributed by atoms with Gasteiger partial charge in [0.2, 0.25) is 0 Å². The predicted molar refractivity (Wildman–Crippen MR) is 50.7 cm³/mol. The molecule has 0 bridgehead atoms. The first-order valence-corrected chi connectivity index (χ1v) is 4.61. The third-order valence-corrected chi connectivity index (χ3v) is 1.94. The van der Waals surface area contributed by atoms with E-state index in [4.69, 9.17) is 5.11 Å². The van der Waals surface area contributed by atoms with Crippen LogP contribution in [0.2, 0.25) is 0 Å². The number of aliphatic hydroxyl groups excluding tert-OH is 1. The standard InChI is InChI=1S/C10H9F4NO2/c11-5-1-2-6(7(12)3-5)10(17)15-4-8(16)9(13)14/h1-3,8-9,16H,4H2,(H,15,17). The Bertz CT molecular complexity index is 411. The second-order valence-electron chi connectivity index (χ2n) is 3.24. The maximum atomic E-state index is 13.1. The molecule has 0 aliphatic carbocycles. The molecule has 0 saturated heterocycles. The number of benzene rings is 1. The molecular formula is C10H9F4NO2. The SMILES string of the molecule is O=C(NCC(O)C(F)F)c1ccc(F)cc1F. The van der Waals surface area contributed by atoms with Crippen LogP contribution >= 0.6 is 0 Å². The van der Waals surface area contributed by atoms with Gasteiger partial charge < -0.3 is 10.4 Å². The van der Waals surface area contributed by atoms with Gasteiger partial charge in [-0.1, -0.05) is 0 Å². The minimum atomic E-state index is -3.01. The van der Waals surface area contributed by atoms with Crippen molar-refractivity contribution in [2.45, 2.75) is 12.5 Å².